The predicted octanol–water partition coefficient (Wildman–Crippen LogP) is 3.80. The van der Waals surface area contributed by atoms with Crippen molar-refractivity contribution in [3.8, 4) is 0 Å². The van der Waals surface area contributed by atoms with Crippen LogP contribution in [-0.4, -0.2) is 14.3 Å². The van der Waals surface area contributed by atoms with E-state index in [4.69, 9.17) is 11.6 Å². The molecule has 1 fully saturated rings. The summed E-state index contributed by atoms with van der Waals surface area (Å²) in [7, 11) is -4.05. The summed E-state index contributed by atoms with van der Waals surface area (Å²) in [6, 6.07) is 11.5. The smallest absolute Gasteiger partial charge is 0.264 e. The molecule has 1 aliphatic carbocycles. The lowest BCUT2D eigenvalue weighted by Gasteiger charge is -2.28. The monoisotopic (exact) mass is 381 g/mol. The van der Waals surface area contributed by atoms with Gasteiger partial charge in [-0.05, 0) is 48.7 Å². The van der Waals surface area contributed by atoms with Gasteiger partial charge in [-0.1, -0.05) is 42.6 Å². The van der Waals surface area contributed by atoms with Crippen molar-refractivity contribution >= 4 is 27.5 Å². The number of carbonyl (C=O) groups excluding carboxylic acids is 1. The zero-order valence-electron chi connectivity index (χ0n) is 13.3. The molecule has 0 atom stereocenters. The molecule has 132 valence electrons. The van der Waals surface area contributed by atoms with Crippen LogP contribution < -0.4 is 4.72 Å². The number of benzene rings is 2. The average Bonchev–Trinajstić information content (AvgIpc) is 3.05. The van der Waals surface area contributed by atoms with Gasteiger partial charge in [0.1, 0.15) is 5.82 Å². The van der Waals surface area contributed by atoms with Crippen molar-refractivity contribution < 1.29 is 17.6 Å². The van der Waals surface area contributed by atoms with Gasteiger partial charge in [-0.2, -0.15) is 0 Å². The van der Waals surface area contributed by atoms with E-state index < -0.39 is 27.2 Å². The topological polar surface area (TPSA) is 63.2 Å². The standard InChI is InChI=1S/C18H17ClFNO3S/c19-14-6-4-8-16(12-14)25(23,24)21-17(22)18(9-1-2-10-18)13-5-3-7-15(20)11-13/h3-8,11-12H,1-2,9-10H2,(H,21,22). The molecule has 2 aromatic rings. The highest BCUT2D eigenvalue weighted by Crippen LogP contribution is 2.41. The number of carbonyl (C=O) groups is 1. The lowest BCUT2D eigenvalue weighted by molar-refractivity contribution is -0.124. The first kappa shape index (κ1) is 17.9. The van der Waals surface area contributed by atoms with Crippen LogP contribution in [0.1, 0.15) is 31.2 Å². The van der Waals surface area contributed by atoms with Gasteiger partial charge >= 0.3 is 0 Å². The van der Waals surface area contributed by atoms with Crippen LogP contribution >= 0.6 is 11.6 Å². The SMILES string of the molecule is O=C(NS(=O)(=O)c1cccc(Cl)c1)C1(c2cccc(F)c2)CCCC1. The number of sulfonamides is 1. The Labute approximate surface area is 151 Å². The van der Waals surface area contributed by atoms with Gasteiger partial charge < -0.3 is 0 Å². The van der Waals surface area contributed by atoms with Crippen LogP contribution in [0.2, 0.25) is 5.02 Å². The van der Waals surface area contributed by atoms with Crippen molar-refractivity contribution in [3.63, 3.8) is 0 Å². The molecule has 0 spiro atoms. The number of halogens is 2. The van der Waals surface area contributed by atoms with Crippen molar-refractivity contribution in [3.05, 3.63) is 64.9 Å². The molecule has 1 saturated carbocycles. The summed E-state index contributed by atoms with van der Waals surface area (Å²) in [5.74, 6) is -1.08. The summed E-state index contributed by atoms with van der Waals surface area (Å²) in [5.41, 5.74) is -0.530. The second-order valence-electron chi connectivity index (χ2n) is 6.19. The zero-order chi connectivity index (χ0) is 18.1. The maximum absolute atomic E-state index is 13.6. The summed E-state index contributed by atoms with van der Waals surface area (Å²) < 4.78 is 40.8. The quantitative estimate of drug-likeness (QED) is 0.876. The fourth-order valence-electron chi connectivity index (χ4n) is 3.32. The summed E-state index contributed by atoms with van der Waals surface area (Å²) in [4.78, 5) is 12.8. The Morgan fingerprint density at radius 2 is 1.76 bits per heavy atom. The van der Waals surface area contributed by atoms with E-state index in [0.29, 0.717) is 18.4 Å². The van der Waals surface area contributed by atoms with Crippen LogP contribution in [0.15, 0.2) is 53.4 Å². The molecule has 0 radical (unpaired) electrons. The van der Waals surface area contributed by atoms with Gasteiger partial charge in [-0.3, -0.25) is 4.79 Å². The molecule has 2 aromatic carbocycles. The van der Waals surface area contributed by atoms with E-state index in [2.05, 4.69) is 4.72 Å². The summed E-state index contributed by atoms with van der Waals surface area (Å²) >= 11 is 5.84. The van der Waals surface area contributed by atoms with Crippen LogP contribution in [0.3, 0.4) is 0 Å². The molecule has 1 N–H and O–H groups in total. The number of rotatable bonds is 4. The molecule has 0 unspecified atom stereocenters. The van der Waals surface area contributed by atoms with Gasteiger partial charge in [-0.15, -0.1) is 0 Å². The molecule has 1 amide bonds. The van der Waals surface area contributed by atoms with Gasteiger partial charge in [0.15, 0.2) is 0 Å². The maximum Gasteiger partial charge on any atom is 0.264 e. The van der Waals surface area contributed by atoms with E-state index >= 15 is 0 Å². The Bertz CT molecular complexity index is 908. The van der Waals surface area contributed by atoms with E-state index in [1.54, 1.807) is 12.1 Å². The molecule has 0 heterocycles. The van der Waals surface area contributed by atoms with Crippen LogP contribution in [-0.2, 0) is 20.2 Å². The third-order valence-corrected chi connectivity index (χ3v) is 6.17. The van der Waals surface area contributed by atoms with Gasteiger partial charge in [-0.25, -0.2) is 17.5 Å². The minimum absolute atomic E-state index is 0.0826. The second kappa shape index (κ2) is 6.77. The molecule has 0 aromatic heterocycles. The van der Waals surface area contributed by atoms with Crippen LogP contribution in [0.4, 0.5) is 4.39 Å². The Kier molecular flexibility index (Phi) is 4.84. The molecule has 0 bridgehead atoms. The highest BCUT2D eigenvalue weighted by Gasteiger charge is 2.44. The van der Waals surface area contributed by atoms with Crippen LogP contribution in [0.25, 0.3) is 0 Å². The highest BCUT2D eigenvalue weighted by molar-refractivity contribution is 7.90. The summed E-state index contributed by atoms with van der Waals surface area (Å²) in [5, 5.41) is 0.260. The van der Waals surface area contributed by atoms with Crippen molar-refractivity contribution in [1.29, 1.82) is 0 Å². The van der Waals surface area contributed by atoms with E-state index in [-0.39, 0.29) is 9.92 Å². The zero-order valence-corrected chi connectivity index (χ0v) is 14.9. The van der Waals surface area contributed by atoms with Crippen molar-refractivity contribution in [2.75, 3.05) is 0 Å². The first-order valence-corrected chi connectivity index (χ1v) is 9.78. The third kappa shape index (κ3) is 3.55. The van der Waals surface area contributed by atoms with E-state index in [0.717, 1.165) is 12.8 Å². The Balaban J connectivity index is 1.95. The fourth-order valence-corrected chi connectivity index (χ4v) is 4.68. The Morgan fingerprint density at radius 3 is 2.40 bits per heavy atom. The minimum atomic E-state index is -4.05. The lowest BCUT2D eigenvalue weighted by Crippen LogP contribution is -2.45. The van der Waals surface area contributed by atoms with Gasteiger partial charge in [0.25, 0.3) is 10.0 Å². The van der Waals surface area contributed by atoms with Crippen molar-refractivity contribution in [2.24, 2.45) is 0 Å². The number of amides is 1. The van der Waals surface area contributed by atoms with Gasteiger partial charge in [0.2, 0.25) is 5.91 Å². The Hall–Kier alpha value is -1.92. The van der Waals surface area contributed by atoms with Crippen molar-refractivity contribution in [2.45, 2.75) is 36.0 Å². The second-order valence-corrected chi connectivity index (χ2v) is 8.31. The van der Waals surface area contributed by atoms with E-state index in [9.17, 15) is 17.6 Å². The van der Waals surface area contributed by atoms with Gasteiger partial charge in [0.05, 0.1) is 10.3 Å². The molecule has 7 heteroatoms. The maximum atomic E-state index is 13.6. The van der Waals surface area contributed by atoms with Crippen LogP contribution in [0.5, 0.6) is 0 Å². The fraction of sp³-hybridized carbons (Fsp3) is 0.278. The molecular weight excluding hydrogens is 365 g/mol. The third-order valence-electron chi connectivity index (χ3n) is 4.60. The summed E-state index contributed by atoms with van der Waals surface area (Å²) in [6.07, 6.45) is 2.52. The molecule has 3 rings (SSSR count). The molecular formula is C18H17ClFNO3S. The molecule has 1 aliphatic rings. The average molecular weight is 382 g/mol. The molecule has 4 nitrogen and oxygen atoms in total. The largest absolute Gasteiger partial charge is 0.273 e. The van der Waals surface area contributed by atoms with Crippen molar-refractivity contribution in [1.82, 2.24) is 4.72 Å². The first-order chi connectivity index (χ1) is 11.8. The summed E-state index contributed by atoms with van der Waals surface area (Å²) in [6.45, 7) is 0. The molecule has 0 saturated heterocycles. The Morgan fingerprint density at radius 1 is 1.08 bits per heavy atom. The highest BCUT2D eigenvalue weighted by atomic mass is 35.5. The number of hydrogen-bond donors (Lipinski definition) is 1. The van der Waals surface area contributed by atoms with Gasteiger partial charge in [0, 0.05) is 5.02 Å². The lowest BCUT2D eigenvalue weighted by atomic mass is 9.78. The van der Waals surface area contributed by atoms with E-state index in [1.165, 1.54) is 36.4 Å². The molecule has 25 heavy (non-hydrogen) atoms. The number of hydrogen-bond acceptors (Lipinski definition) is 3. The normalized spacial score (nSPS) is 16.6. The predicted molar refractivity (Wildman–Crippen MR) is 93.3 cm³/mol. The molecule has 0 aliphatic heterocycles. The number of nitrogens with one attached hydrogen (secondary N) is 1. The first-order valence-electron chi connectivity index (χ1n) is 7.92. The van der Waals surface area contributed by atoms with Crippen LogP contribution in [0, 0.1) is 5.82 Å². The minimum Gasteiger partial charge on any atom is -0.273 e. The van der Waals surface area contributed by atoms with E-state index in [1.807, 2.05) is 0 Å².